The number of hydrogen-bond acceptors (Lipinski definition) is 5. The maximum atomic E-state index is 13.1. The van der Waals surface area contributed by atoms with Crippen LogP contribution < -0.4 is 0 Å². The smallest absolute Gasteiger partial charge is 0.276 e. The molecule has 5 rings (SSSR count). The average Bonchev–Trinajstić information content (AvgIpc) is 3.44. The van der Waals surface area contributed by atoms with Crippen LogP contribution in [0.5, 0.6) is 0 Å². The minimum atomic E-state index is -0.158. The number of amides is 2. The number of carbonyl (C=O) groups excluding carboxylic acids is 2. The fourth-order valence-corrected chi connectivity index (χ4v) is 4.15. The minimum Gasteiger partial charge on any atom is -0.365 e. The zero-order valence-electron chi connectivity index (χ0n) is 17.3. The number of rotatable bonds is 3. The van der Waals surface area contributed by atoms with Crippen molar-refractivity contribution in [3.8, 4) is 0 Å². The van der Waals surface area contributed by atoms with Gasteiger partial charge in [-0.2, -0.15) is 0 Å². The van der Waals surface area contributed by atoms with Crippen molar-refractivity contribution >= 4 is 11.8 Å². The predicted molar refractivity (Wildman–Crippen MR) is 111 cm³/mol. The van der Waals surface area contributed by atoms with E-state index in [4.69, 9.17) is 4.74 Å². The number of piperazine rings is 1. The molecule has 0 aliphatic carbocycles. The van der Waals surface area contributed by atoms with E-state index in [1.54, 1.807) is 14.5 Å². The lowest BCUT2D eigenvalue weighted by atomic mass is 10.1. The number of aryl methyl sites for hydroxylation is 1. The Morgan fingerprint density at radius 2 is 1.68 bits per heavy atom. The van der Waals surface area contributed by atoms with Gasteiger partial charge in [0.1, 0.15) is 11.8 Å². The van der Waals surface area contributed by atoms with Crippen LogP contribution in [-0.2, 0) is 24.9 Å². The first-order chi connectivity index (χ1) is 15.1. The number of nitrogens with zero attached hydrogens (tertiary/aromatic N) is 6. The molecule has 0 radical (unpaired) electrons. The van der Waals surface area contributed by atoms with E-state index in [1.165, 1.54) is 0 Å². The lowest BCUT2D eigenvalue weighted by molar-refractivity contribution is -0.00202. The summed E-state index contributed by atoms with van der Waals surface area (Å²) in [5.74, 6) is -0.171. The van der Waals surface area contributed by atoms with Gasteiger partial charge in [-0.1, -0.05) is 35.5 Å². The van der Waals surface area contributed by atoms with Gasteiger partial charge in [0, 0.05) is 39.4 Å². The van der Waals surface area contributed by atoms with Crippen LogP contribution >= 0.6 is 0 Å². The molecule has 2 amide bonds. The molecule has 2 aliphatic rings. The predicted octanol–water partition coefficient (Wildman–Crippen LogP) is 1.49. The van der Waals surface area contributed by atoms with Gasteiger partial charge >= 0.3 is 0 Å². The summed E-state index contributed by atoms with van der Waals surface area (Å²) in [5, 5.41) is 8.37. The van der Waals surface area contributed by atoms with Gasteiger partial charge in [-0.05, 0) is 17.7 Å². The van der Waals surface area contributed by atoms with Crippen LogP contribution in [0.2, 0.25) is 0 Å². The third kappa shape index (κ3) is 3.61. The van der Waals surface area contributed by atoms with E-state index in [-0.39, 0.29) is 17.9 Å². The molecule has 1 saturated heterocycles. The van der Waals surface area contributed by atoms with Crippen molar-refractivity contribution in [1.82, 2.24) is 29.4 Å². The SMILES string of the molecule is Cn1cccc1C(=O)N1CCN(C(=O)c2nnn3c2CO[C@@H](c2ccccc2)C3)CC1. The molecule has 0 unspecified atom stereocenters. The molecular formula is C22H24N6O3. The maximum Gasteiger partial charge on any atom is 0.276 e. The second-order valence-electron chi connectivity index (χ2n) is 7.87. The average molecular weight is 420 g/mol. The van der Waals surface area contributed by atoms with E-state index >= 15 is 0 Å². The third-order valence-corrected chi connectivity index (χ3v) is 5.99. The molecule has 0 N–H and O–H groups in total. The fraction of sp³-hybridized carbons (Fsp3) is 0.364. The molecule has 3 aromatic rings. The van der Waals surface area contributed by atoms with Crippen molar-refractivity contribution in [3.63, 3.8) is 0 Å². The van der Waals surface area contributed by atoms with Crippen LogP contribution in [0.15, 0.2) is 48.7 Å². The lowest BCUT2D eigenvalue weighted by Gasteiger charge is -2.34. The van der Waals surface area contributed by atoms with Gasteiger partial charge < -0.3 is 19.1 Å². The molecule has 9 heteroatoms. The van der Waals surface area contributed by atoms with E-state index in [0.29, 0.717) is 56.4 Å². The highest BCUT2D eigenvalue weighted by molar-refractivity contribution is 5.94. The summed E-state index contributed by atoms with van der Waals surface area (Å²) in [7, 11) is 1.85. The largest absolute Gasteiger partial charge is 0.365 e. The highest BCUT2D eigenvalue weighted by Gasteiger charge is 2.32. The van der Waals surface area contributed by atoms with Crippen LogP contribution in [0.1, 0.15) is 38.3 Å². The van der Waals surface area contributed by atoms with Gasteiger partial charge in [-0.3, -0.25) is 9.59 Å². The van der Waals surface area contributed by atoms with Crippen molar-refractivity contribution < 1.29 is 14.3 Å². The Morgan fingerprint density at radius 1 is 0.968 bits per heavy atom. The molecule has 31 heavy (non-hydrogen) atoms. The molecule has 1 fully saturated rings. The zero-order valence-corrected chi connectivity index (χ0v) is 17.3. The zero-order chi connectivity index (χ0) is 21.4. The molecule has 0 saturated carbocycles. The highest BCUT2D eigenvalue weighted by atomic mass is 16.5. The van der Waals surface area contributed by atoms with Gasteiger partial charge in [0.2, 0.25) is 0 Å². The molecule has 2 aromatic heterocycles. The van der Waals surface area contributed by atoms with E-state index in [0.717, 1.165) is 5.56 Å². The Morgan fingerprint density at radius 3 is 2.35 bits per heavy atom. The molecule has 1 aromatic carbocycles. The number of hydrogen-bond donors (Lipinski definition) is 0. The van der Waals surface area contributed by atoms with Gasteiger partial charge in [0.15, 0.2) is 5.69 Å². The summed E-state index contributed by atoms with van der Waals surface area (Å²) in [4.78, 5) is 29.3. The first-order valence-corrected chi connectivity index (χ1v) is 10.4. The Hall–Kier alpha value is -3.46. The van der Waals surface area contributed by atoms with Gasteiger partial charge in [0.25, 0.3) is 11.8 Å². The molecule has 9 nitrogen and oxygen atoms in total. The maximum absolute atomic E-state index is 13.1. The Kier molecular flexibility index (Phi) is 5.03. The number of fused-ring (bicyclic) bond motifs is 1. The number of carbonyl (C=O) groups is 2. The molecule has 0 spiro atoms. The first kappa shape index (κ1) is 19.5. The van der Waals surface area contributed by atoms with E-state index in [1.807, 2.05) is 60.3 Å². The number of benzene rings is 1. The molecule has 2 aliphatic heterocycles. The van der Waals surface area contributed by atoms with Crippen molar-refractivity contribution in [2.75, 3.05) is 26.2 Å². The summed E-state index contributed by atoms with van der Waals surface area (Å²) < 4.78 is 9.58. The summed E-state index contributed by atoms with van der Waals surface area (Å²) >= 11 is 0. The van der Waals surface area contributed by atoms with Crippen molar-refractivity contribution in [2.24, 2.45) is 7.05 Å². The van der Waals surface area contributed by atoms with Crippen LogP contribution in [0.4, 0.5) is 0 Å². The van der Waals surface area contributed by atoms with Gasteiger partial charge in [-0.25, -0.2) is 4.68 Å². The van der Waals surface area contributed by atoms with Crippen molar-refractivity contribution in [1.29, 1.82) is 0 Å². The van der Waals surface area contributed by atoms with Gasteiger partial charge in [-0.15, -0.1) is 5.10 Å². The molecule has 1 atom stereocenters. The fourth-order valence-electron chi connectivity index (χ4n) is 4.15. The quantitative estimate of drug-likeness (QED) is 0.641. The van der Waals surface area contributed by atoms with Gasteiger partial charge in [0.05, 0.1) is 18.8 Å². The second-order valence-corrected chi connectivity index (χ2v) is 7.87. The Labute approximate surface area is 179 Å². The molecule has 160 valence electrons. The summed E-state index contributed by atoms with van der Waals surface area (Å²) in [6.07, 6.45) is 1.75. The number of aromatic nitrogens is 4. The second kappa shape index (κ2) is 7.99. The molecule has 0 bridgehead atoms. The third-order valence-electron chi connectivity index (χ3n) is 5.99. The number of ether oxygens (including phenoxy) is 1. The summed E-state index contributed by atoms with van der Waals surface area (Å²) in [6, 6.07) is 13.6. The standard InChI is InChI=1S/C22H24N6O3/c1-25-9-5-8-17(25)21(29)26-10-12-27(13-11-26)22(30)20-18-15-31-19(14-28(18)24-23-20)16-6-3-2-4-7-16/h2-9,19H,10-15H2,1H3/t19-/m1/s1. The normalized spacial score (nSPS) is 18.7. The summed E-state index contributed by atoms with van der Waals surface area (Å²) in [6.45, 7) is 2.74. The highest BCUT2D eigenvalue weighted by Crippen LogP contribution is 2.27. The van der Waals surface area contributed by atoms with Crippen LogP contribution in [0, 0.1) is 0 Å². The van der Waals surface area contributed by atoms with Crippen LogP contribution in [0.3, 0.4) is 0 Å². The molecule has 4 heterocycles. The topological polar surface area (TPSA) is 85.5 Å². The Bertz CT molecular complexity index is 1100. The van der Waals surface area contributed by atoms with Crippen LogP contribution in [-0.4, -0.2) is 67.4 Å². The van der Waals surface area contributed by atoms with E-state index in [9.17, 15) is 9.59 Å². The van der Waals surface area contributed by atoms with Crippen molar-refractivity contribution in [2.45, 2.75) is 19.3 Å². The molecular weight excluding hydrogens is 396 g/mol. The lowest BCUT2D eigenvalue weighted by Crippen LogP contribution is -2.51. The summed E-state index contributed by atoms with van der Waals surface area (Å²) in [5.41, 5.74) is 2.78. The van der Waals surface area contributed by atoms with E-state index in [2.05, 4.69) is 10.3 Å². The first-order valence-electron chi connectivity index (χ1n) is 10.4. The van der Waals surface area contributed by atoms with Crippen LogP contribution in [0.25, 0.3) is 0 Å². The van der Waals surface area contributed by atoms with E-state index < -0.39 is 0 Å². The Balaban J connectivity index is 1.24. The van der Waals surface area contributed by atoms with Crippen molar-refractivity contribution in [3.05, 3.63) is 71.3 Å². The minimum absolute atomic E-state index is 0.0130. The monoisotopic (exact) mass is 420 g/mol.